The summed E-state index contributed by atoms with van der Waals surface area (Å²) in [6.07, 6.45) is 0.665. The van der Waals surface area contributed by atoms with Crippen molar-refractivity contribution >= 4 is 17.4 Å². The molecule has 0 amide bonds. The molecule has 0 heterocycles. The Balaban J connectivity index is 3.54. The van der Waals surface area contributed by atoms with Crippen molar-refractivity contribution in [3.8, 4) is 6.07 Å². The lowest BCUT2D eigenvalue weighted by molar-refractivity contribution is 0.573. The van der Waals surface area contributed by atoms with Crippen molar-refractivity contribution in [2.24, 2.45) is 0 Å². The summed E-state index contributed by atoms with van der Waals surface area (Å²) in [4.78, 5) is 0. The molecule has 4 heteroatoms. The van der Waals surface area contributed by atoms with E-state index in [0.717, 1.165) is 6.04 Å². The van der Waals surface area contributed by atoms with Gasteiger partial charge in [-0.05, 0) is 32.2 Å². The lowest BCUT2D eigenvalue weighted by Gasteiger charge is -2.22. The minimum atomic E-state index is -1.32. The maximum Gasteiger partial charge on any atom is 0.170 e. The van der Waals surface area contributed by atoms with Gasteiger partial charge in [-0.25, -0.2) is 0 Å². The lowest BCUT2D eigenvalue weighted by atomic mass is 10.6. The van der Waals surface area contributed by atoms with Crippen LogP contribution in [0.3, 0.4) is 0 Å². The Labute approximate surface area is 72.0 Å². The van der Waals surface area contributed by atoms with Gasteiger partial charge in [-0.3, -0.25) is 0 Å². The summed E-state index contributed by atoms with van der Waals surface area (Å²) < 4.78 is 5.87. The fraction of sp³-hybridized carbons (Fsp3) is 0.857. The van der Waals surface area contributed by atoms with E-state index in [2.05, 4.69) is 32.3 Å². The highest BCUT2D eigenvalue weighted by Gasteiger charge is 2.17. The molecule has 1 atom stereocenters. The van der Waals surface area contributed by atoms with Gasteiger partial charge in [0.05, 0.1) is 6.07 Å². The second-order valence-electron chi connectivity index (χ2n) is 3.74. The highest BCUT2D eigenvalue weighted by molar-refractivity contribution is 6.77. The predicted molar refractivity (Wildman–Crippen MR) is 52.5 cm³/mol. The second-order valence-corrected chi connectivity index (χ2v) is 11.1. The van der Waals surface area contributed by atoms with E-state index in [9.17, 15) is 0 Å². The predicted octanol–water partition coefficient (Wildman–Crippen LogP) is 2.11. The van der Waals surface area contributed by atoms with Crippen LogP contribution in [0.4, 0.5) is 0 Å². The Bertz CT molecular complexity index is 148. The van der Waals surface area contributed by atoms with Crippen molar-refractivity contribution in [1.29, 1.82) is 5.26 Å². The van der Waals surface area contributed by atoms with Crippen molar-refractivity contribution < 1.29 is 4.12 Å². The van der Waals surface area contributed by atoms with Gasteiger partial charge in [-0.15, -0.1) is 0 Å². The molecule has 11 heavy (non-hydrogen) atoms. The summed E-state index contributed by atoms with van der Waals surface area (Å²) in [5.41, 5.74) is 0. The highest BCUT2D eigenvalue weighted by atomic mass is 28.4. The van der Waals surface area contributed by atoms with Crippen LogP contribution in [0, 0.1) is 11.3 Å². The third-order valence-corrected chi connectivity index (χ3v) is 6.76. The molecule has 0 fully saturated rings. The molecular formula is C7H17NOSi2. The van der Waals surface area contributed by atoms with E-state index in [4.69, 9.17) is 9.38 Å². The summed E-state index contributed by atoms with van der Waals surface area (Å²) in [5.74, 6) is 0. The van der Waals surface area contributed by atoms with Crippen LogP contribution >= 0.6 is 0 Å². The van der Waals surface area contributed by atoms with Gasteiger partial charge in [0, 0.05) is 6.42 Å². The van der Waals surface area contributed by atoms with Crippen LogP contribution in [0.15, 0.2) is 0 Å². The molecule has 0 bridgehead atoms. The molecule has 0 aliphatic rings. The first-order valence-corrected chi connectivity index (χ1v) is 9.85. The summed E-state index contributed by atoms with van der Waals surface area (Å²) in [6, 6.07) is 3.16. The van der Waals surface area contributed by atoms with Gasteiger partial charge in [0.1, 0.15) is 0 Å². The molecular weight excluding hydrogens is 170 g/mol. The van der Waals surface area contributed by atoms with E-state index in [1.54, 1.807) is 0 Å². The van der Waals surface area contributed by atoms with Gasteiger partial charge in [0.25, 0.3) is 0 Å². The molecule has 1 unspecified atom stereocenters. The molecule has 0 aliphatic carbocycles. The molecule has 0 aromatic heterocycles. The highest BCUT2D eigenvalue weighted by Crippen LogP contribution is 2.08. The smallest absolute Gasteiger partial charge is 0.170 e. The van der Waals surface area contributed by atoms with Gasteiger partial charge in [0.15, 0.2) is 17.4 Å². The Kier molecular flexibility index (Phi) is 4.65. The number of nitrogens with zero attached hydrogens (tertiary/aromatic N) is 1. The summed E-state index contributed by atoms with van der Waals surface area (Å²) in [6.45, 7) is 8.77. The Hall–Kier alpha value is -0.116. The second kappa shape index (κ2) is 4.70. The van der Waals surface area contributed by atoms with Gasteiger partial charge in [-0.1, -0.05) is 0 Å². The molecule has 0 aliphatic heterocycles. The fourth-order valence-electron chi connectivity index (χ4n) is 0.930. The average Bonchev–Trinajstić information content (AvgIpc) is 1.79. The third-order valence-electron chi connectivity index (χ3n) is 1.22. The number of hydrogen-bond acceptors (Lipinski definition) is 2. The SMILES string of the molecule is C[SiH](CCC#N)O[Si](C)(C)C. The van der Waals surface area contributed by atoms with E-state index in [-0.39, 0.29) is 0 Å². The molecule has 0 N–H and O–H groups in total. The standard InChI is InChI=1S/C7H17NOSi2/c1-10(7-5-6-8)9-11(2,3)4/h10H,5,7H2,1-4H3. The lowest BCUT2D eigenvalue weighted by Crippen LogP contribution is -2.32. The zero-order valence-electron chi connectivity index (χ0n) is 7.85. The molecule has 0 radical (unpaired) electrons. The molecule has 2 nitrogen and oxygen atoms in total. The van der Waals surface area contributed by atoms with Crippen LogP contribution in [-0.4, -0.2) is 17.4 Å². The number of hydrogen-bond donors (Lipinski definition) is 0. The molecule has 0 aromatic carbocycles. The van der Waals surface area contributed by atoms with E-state index < -0.39 is 17.4 Å². The topological polar surface area (TPSA) is 33.0 Å². The monoisotopic (exact) mass is 187 g/mol. The third kappa shape index (κ3) is 7.78. The maximum absolute atomic E-state index is 8.34. The molecule has 0 rings (SSSR count). The first-order chi connectivity index (χ1) is 4.95. The van der Waals surface area contributed by atoms with Crippen LogP contribution in [0.5, 0.6) is 0 Å². The van der Waals surface area contributed by atoms with E-state index in [1.807, 2.05) is 0 Å². The van der Waals surface area contributed by atoms with Crippen molar-refractivity contribution in [1.82, 2.24) is 0 Å². The van der Waals surface area contributed by atoms with Crippen LogP contribution in [-0.2, 0) is 4.12 Å². The van der Waals surface area contributed by atoms with Crippen LogP contribution in [0.1, 0.15) is 6.42 Å². The minimum absolute atomic E-state index is 0.665. The maximum atomic E-state index is 8.34. The summed E-state index contributed by atoms with van der Waals surface area (Å²) in [7, 11) is -2.32. The largest absolute Gasteiger partial charge is 0.458 e. The molecule has 64 valence electrons. The van der Waals surface area contributed by atoms with Crippen molar-refractivity contribution in [2.75, 3.05) is 0 Å². The molecule has 0 spiro atoms. The van der Waals surface area contributed by atoms with Crippen LogP contribution in [0.2, 0.25) is 32.2 Å². The quantitative estimate of drug-likeness (QED) is 0.632. The summed E-state index contributed by atoms with van der Waals surface area (Å²) in [5, 5.41) is 8.34. The Morgan fingerprint density at radius 1 is 1.45 bits per heavy atom. The van der Waals surface area contributed by atoms with Gasteiger partial charge < -0.3 is 4.12 Å². The number of nitriles is 1. The molecule has 0 aromatic rings. The zero-order chi connectivity index (χ0) is 8.91. The summed E-state index contributed by atoms with van der Waals surface area (Å²) >= 11 is 0. The van der Waals surface area contributed by atoms with Gasteiger partial charge >= 0.3 is 0 Å². The average molecular weight is 187 g/mol. The van der Waals surface area contributed by atoms with Gasteiger partial charge in [0.2, 0.25) is 0 Å². The van der Waals surface area contributed by atoms with E-state index >= 15 is 0 Å². The van der Waals surface area contributed by atoms with Crippen LogP contribution < -0.4 is 0 Å². The van der Waals surface area contributed by atoms with Gasteiger partial charge in [-0.2, -0.15) is 5.26 Å². The Morgan fingerprint density at radius 2 is 2.00 bits per heavy atom. The first-order valence-electron chi connectivity index (χ1n) is 4.00. The van der Waals surface area contributed by atoms with E-state index in [1.165, 1.54) is 0 Å². The minimum Gasteiger partial charge on any atom is -0.458 e. The number of rotatable bonds is 4. The van der Waals surface area contributed by atoms with Crippen molar-refractivity contribution in [2.45, 2.75) is 38.7 Å². The molecule has 0 saturated heterocycles. The van der Waals surface area contributed by atoms with Crippen molar-refractivity contribution in [3.05, 3.63) is 0 Å². The Morgan fingerprint density at radius 3 is 2.36 bits per heavy atom. The fourth-order valence-corrected chi connectivity index (χ4v) is 6.77. The zero-order valence-corrected chi connectivity index (χ0v) is 10.0. The van der Waals surface area contributed by atoms with E-state index in [0.29, 0.717) is 6.42 Å². The first kappa shape index (κ1) is 10.9. The van der Waals surface area contributed by atoms with Crippen molar-refractivity contribution in [3.63, 3.8) is 0 Å². The normalized spacial score (nSPS) is 14.1. The molecule has 0 saturated carbocycles. The van der Waals surface area contributed by atoms with Crippen LogP contribution in [0.25, 0.3) is 0 Å².